The maximum atomic E-state index is 13.1. The number of nitrogens with zero attached hydrogens (tertiary/aromatic N) is 3. The van der Waals surface area contributed by atoms with Crippen LogP contribution >= 0.6 is 0 Å². The van der Waals surface area contributed by atoms with E-state index in [9.17, 15) is 14.7 Å². The number of fused-ring (bicyclic) bond motifs is 1. The summed E-state index contributed by atoms with van der Waals surface area (Å²) in [5.41, 5.74) is 4.74. The van der Waals surface area contributed by atoms with Crippen molar-refractivity contribution in [1.82, 2.24) is 14.9 Å². The number of hydrogen-bond acceptors (Lipinski definition) is 6. The lowest BCUT2D eigenvalue weighted by atomic mass is 9.86. The summed E-state index contributed by atoms with van der Waals surface area (Å²) in [7, 11) is 1.52. The zero-order chi connectivity index (χ0) is 23.7. The Balaban J connectivity index is 1.31. The second-order valence-corrected chi connectivity index (χ2v) is 8.65. The maximum Gasteiger partial charge on any atom is 0.305 e. The van der Waals surface area contributed by atoms with Gasteiger partial charge in [-0.2, -0.15) is 0 Å². The van der Waals surface area contributed by atoms with Crippen molar-refractivity contribution in [3.8, 4) is 17.1 Å². The summed E-state index contributed by atoms with van der Waals surface area (Å²) in [5.74, 6) is 0.0687. The van der Waals surface area contributed by atoms with Gasteiger partial charge in [-0.1, -0.05) is 36.4 Å². The number of aliphatic carboxylic acids is 1. The monoisotopic (exact) mass is 458 g/mol. The molecule has 8 heteroatoms. The number of carboxylic acid groups (broad SMARTS) is 1. The van der Waals surface area contributed by atoms with E-state index in [4.69, 9.17) is 9.72 Å². The molecule has 4 heterocycles. The highest BCUT2D eigenvalue weighted by Gasteiger charge is 2.42. The molecule has 0 bridgehead atoms. The molecule has 2 aliphatic rings. The Morgan fingerprint density at radius 2 is 2.03 bits per heavy atom. The van der Waals surface area contributed by atoms with Crippen molar-refractivity contribution in [3.05, 3.63) is 71.4 Å². The first-order chi connectivity index (χ1) is 16.5. The van der Waals surface area contributed by atoms with Gasteiger partial charge in [0.2, 0.25) is 11.8 Å². The Kier molecular flexibility index (Phi) is 5.88. The van der Waals surface area contributed by atoms with Gasteiger partial charge in [0.05, 0.1) is 31.2 Å². The highest BCUT2D eigenvalue weighted by Crippen LogP contribution is 2.38. The summed E-state index contributed by atoms with van der Waals surface area (Å²) in [5, 5.41) is 12.8. The number of β-lactam (4-membered cyclic amide) rings is 1. The summed E-state index contributed by atoms with van der Waals surface area (Å²) in [4.78, 5) is 35.1. The molecule has 1 amide bonds. The first kappa shape index (κ1) is 21.9. The zero-order valence-electron chi connectivity index (χ0n) is 18.9. The fourth-order valence-corrected chi connectivity index (χ4v) is 4.64. The molecule has 3 aromatic rings. The van der Waals surface area contributed by atoms with Crippen LogP contribution in [0.5, 0.6) is 5.88 Å². The van der Waals surface area contributed by atoms with Crippen LogP contribution in [0.15, 0.2) is 54.7 Å². The van der Waals surface area contributed by atoms with Gasteiger partial charge >= 0.3 is 5.97 Å². The van der Waals surface area contributed by atoms with E-state index in [2.05, 4.69) is 16.4 Å². The number of nitrogens with one attached hydrogen (secondary N) is 1. The largest absolute Gasteiger partial charge is 0.481 e. The third-order valence-electron chi connectivity index (χ3n) is 6.56. The molecule has 1 fully saturated rings. The fourth-order valence-electron chi connectivity index (χ4n) is 4.64. The van der Waals surface area contributed by atoms with E-state index in [0.717, 1.165) is 42.0 Å². The van der Waals surface area contributed by atoms with Crippen LogP contribution in [0.25, 0.3) is 11.3 Å². The van der Waals surface area contributed by atoms with E-state index in [1.807, 2.05) is 30.3 Å². The standard InChI is InChI=1S/C26H26N4O4/c1-34-23-11-9-19(14-28-23)22(13-24(31)32)30-15-20(26(30)33)16-4-6-17(7-5-16)21-10-8-18-3-2-12-27-25(18)29-21/h4-11,14,20,22H,2-3,12-13,15H2,1H3,(H,27,29)(H,31,32)/t20-,22?/m1/s1. The van der Waals surface area contributed by atoms with Gasteiger partial charge in [0.1, 0.15) is 5.82 Å². The van der Waals surface area contributed by atoms with Crippen LogP contribution in [0.4, 0.5) is 5.82 Å². The van der Waals surface area contributed by atoms with E-state index in [1.54, 1.807) is 23.2 Å². The van der Waals surface area contributed by atoms with Crippen LogP contribution in [0.2, 0.25) is 0 Å². The molecule has 0 aliphatic carbocycles. The molecule has 2 aliphatic heterocycles. The summed E-state index contributed by atoms with van der Waals surface area (Å²) in [6.45, 7) is 1.40. The maximum absolute atomic E-state index is 13.1. The number of carboxylic acids is 1. The minimum atomic E-state index is -0.964. The molecule has 2 atom stereocenters. The first-order valence-corrected chi connectivity index (χ1v) is 11.4. The lowest BCUT2D eigenvalue weighted by Crippen LogP contribution is -2.52. The highest BCUT2D eigenvalue weighted by molar-refractivity contribution is 5.90. The third kappa shape index (κ3) is 4.19. The number of aryl methyl sites for hydroxylation is 1. The highest BCUT2D eigenvalue weighted by atomic mass is 16.5. The smallest absolute Gasteiger partial charge is 0.305 e. The number of anilines is 1. The molecule has 2 N–H and O–H groups in total. The Labute approximate surface area is 197 Å². The van der Waals surface area contributed by atoms with Crippen LogP contribution in [0, 0.1) is 0 Å². The molecule has 174 valence electrons. The topological polar surface area (TPSA) is 105 Å². The predicted molar refractivity (Wildman–Crippen MR) is 127 cm³/mol. The molecular formula is C26H26N4O4. The van der Waals surface area contributed by atoms with Gasteiger partial charge in [0, 0.05) is 30.9 Å². The molecule has 1 aromatic carbocycles. The molecule has 0 saturated carbocycles. The number of methoxy groups -OCH3 is 1. The molecule has 0 spiro atoms. The van der Waals surface area contributed by atoms with Gasteiger partial charge < -0.3 is 20.1 Å². The molecule has 1 unspecified atom stereocenters. The normalized spacial score (nSPS) is 17.9. The average molecular weight is 459 g/mol. The predicted octanol–water partition coefficient (Wildman–Crippen LogP) is 3.65. The van der Waals surface area contributed by atoms with Crippen LogP contribution in [-0.2, 0) is 16.0 Å². The second kappa shape index (κ2) is 9.13. The number of likely N-dealkylation sites (tertiary alicyclic amines) is 1. The van der Waals surface area contributed by atoms with Crippen molar-refractivity contribution in [2.75, 3.05) is 25.5 Å². The number of aromatic nitrogens is 2. The van der Waals surface area contributed by atoms with Gasteiger partial charge in [0.25, 0.3) is 0 Å². The average Bonchev–Trinajstić information content (AvgIpc) is 2.87. The van der Waals surface area contributed by atoms with Crippen LogP contribution in [0.3, 0.4) is 0 Å². The number of hydrogen-bond donors (Lipinski definition) is 2. The lowest BCUT2D eigenvalue weighted by molar-refractivity contribution is -0.149. The van der Waals surface area contributed by atoms with Gasteiger partial charge in [0.15, 0.2) is 0 Å². The molecule has 8 nitrogen and oxygen atoms in total. The third-order valence-corrected chi connectivity index (χ3v) is 6.56. The zero-order valence-corrected chi connectivity index (χ0v) is 18.9. The summed E-state index contributed by atoms with van der Waals surface area (Å²) in [6, 6.07) is 14.9. The number of ether oxygens (including phenoxy) is 1. The summed E-state index contributed by atoms with van der Waals surface area (Å²) < 4.78 is 5.08. The molecule has 5 rings (SSSR count). The fraction of sp³-hybridized carbons (Fsp3) is 0.308. The number of benzene rings is 1. The second-order valence-electron chi connectivity index (χ2n) is 8.65. The van der Waals surface area contributed by atoms with Crippen LogP contribution in [0.1, 0.15) is 41.5 Å². The number of carbonyl (C=O) groups excluding carboxylic acids is 1. The Morgan fingerprint density at radius 3 is 2.71 bits per heavy atom. The Morgan fingerprint density at radius 1 is 1.21 bits per heavy atom. The van der Waals surface area contributed by atoms with E-state index in [-0.39, 0.29) is 18.2 Å². The minimum absolute atomic E-state index is 0.0778. The van der Waals surface area contributed by atoms with Crippen molar-refractivity contribution >= 4 is 17.7 Å². The van der Waals surface area contributed by atoms with Crippen molar-refractivity contribution < 1.29 is 19.4 Å². The van der Waals surface area contributed by atoms with Gasteiger partial charge in [-0.15, -0.1) is 0 Å². The number of rotatable bonds is 7. The molecule has 1 saturated heterocycles. The molecular weight excluding hydrogens is 432 g/mol. The van der Waals surface area contributed by atoms with Crippen LogP contribution in [-0.4, -0.2) is 52.1 Å². The Hall–Kier alpha value is -3.94. The number of amides is 1. The van der Waals surface area contributed by atoms with Crippen molar-refractivity contribution in [2.45, 2.75) is 31.2 Å². The molecule has 34 heavy (non-hydrogen) atoms. The summed E-state index contributed by atoms with van der Waals surface area (Å²) in [6.07, 6.45) is 3.56. The van der Waals surface area contributed by atoms with Gasteiger partial charge in [-0.05, 0) is 35.6 Å². The number of carbonyl (C=O) groups is 2. The minimum Gasteiger partial charge on any atom is -0.481 e. The molecule has 2 aromatic heterocycles. The van der Waals surface area contributed by atoms with E-state index >= 15 is 0 Å². The van der Waals surface area contributed by atoms with Crippen molar-refractivity contribution in [2.24, 2.45) is 0 Å². The number of pyridine rings is 2. The summed E-state index contributed by atoms with van der Waals surface area (Å²) >= 11 is 0. The molecule has 0 radical (unpaired) electrons. The van der Waals surface area contributed by atoms with Crippen LogP contribution < -0.4 is 10.1 Å². The Bertz CT molecular complexity index is 1210. The first-order valence-electron chi connectivity index (χ1n) is 11.4. The van der Waals surface area contributed by atoms with Gasteiger partial charge in [-0.3, -0.25) is 9.59 Å². The van der Waals surface area contributed by atoms with Crippen molar-refractivity contribution in [3.63, 3.8) is 0 Å². The van der Waals surface area contributed by atoms with Crippen molar-refractivity contribution in [1.29, 1.82) is 0 Å². The lowest BCUT2D eigenvalue weighted by Gasteiger charge is -2.43. The van der Waals surface area contributed by atoms with E-state index in [0.29, 0.717) is 18.0 Å². The quantitative estimate of drug-likeness (QED) is 0.521. The van der Waals surface area contributed by atoms with E-state index in [1.165, 1.54) is 12.7 Å². The van der Waals surface area contributed by atoms with Gasteiger partial charge in [-0.25, -0.2) is 9.97 Å². The van der Waals surface area contributed by atoms with E-state index < -0.39 is 12.0 Å². The SMILES string of the molecule is COc1ccc(C(CC(=O)O)N2C[C@H](c3ccc(-c4ccc5c(n4)NCCC5)cc3)C2=O)cn1.